The normalized spacial score (nSPS) is 30.2. The molecule has 4 rings (SSSR count). The third-order valence-electron chi connectivity index (χ3n) is 8.52. The molecule has 1 aromatic rings. The minimum absolute atomic E-state index is 0.0310. The average Bonchev–Trinajstić information content (AvgIpc) is 3.54. The Morgan fingerprint density at radius 2 is 1.92 bits per heavy atom. The van der Waals surface area contributed by atoms with Crippen LogP contribution < -0.4 is 10.6 Å². The summed E-state index contributed by atoms with van der Waals surface area (Å²) in [6, 6.07) is 8.65. The van der Waals surface area contributed by atoms with Gasteiger partial charge in [-0.15, -0.1) is 11.8 Å². The fourth-order valence-corrected chi connectivity index (χ4v) is 8.65. The van der Waals surface area contributed by atoms with E-state index in [1.165, 1.54) is 0 Å². The number of rotatable bonds is 12. The molecule has 3 aliphatic heterocycles. The van der Waals surface area contributed by atoms with Gasteiger partial charge in [0.15, 0.2) is 0 Å². The highest BCUT2D eigenvalue weighted by Crippen LogP contribution is 2.66. The smallest absolute Gasteiger partial charge is 0.244 e. The Balaban J connectivity index is 1.62. The van der Waals surface area contributed by atoms with Gasteiger partial charge in [-0.05, 0) is 30.7 Å². The number of likely N-dealkylation sites (tertiary alicyclic amines) is 1. The molecule has 3 heterocycles. The number of thioether (sulfide) groups is 1. The van der Waals surface area contributed by atoms with Crippen LogP contribution in [0.4, 0.5) is 0 Å². The van der Waals surface area contributed by atoms with Crippen molar-refractivity contribution in [3.63, 3.8) is 0 Å². The second-order valence-electron chi connectivity index (χ2n) is 10.6. The molecule has 2 bridgehead atoms. The van der Waals surface area contributed by atoms with E-state index in [4.69, 9.17) is 0 Å². The number of fused-ring (bicyclic) bond motifs is 1. The molecule has 0 radical (unpaired) electrons. The first kappa shape index (κ1) is 27.0. The van der Waals surface area contributed by atoms with Crippen LogP contribution in [0.2, 0.25) is 0 Å². The first-order valence-electron chi connectivity index (χ1n) is 13.6. The zero-order chi connectivity index (χ0) is 25.9. The lowest BCUT2D eigenvalue weighted by Crippen LogP contribution is -2.57. The molecule has 36 heavy (non-hydrogen) atoms. The monoisotopic (exact) mass is 515 g/mol. The fraction of sp³-hybridized carbons (Fsp3) is 0.679. The van der Waals surface area contributed by atoms with Crippen molar-refractivity contribution < 1.29 is 19.5 Å². The van der Waals surface area contributed by atoms with Crippen molar-refractivity contribution in [2.45, 2.75) is 87.9 Å². The van der Waals surface area contributed by atoms with E-state index in [0.717, 1.165) is 44.1 Å². The van der Waals surface area contributed by atoms with Gasteiger partial charge in [-0.25, -0.2) is 0 Å². The van der Waals surface area contributed by atoms with E-state index in [2.05, 4.69) is 17.6 Å². The van der Waals surface area contributed by atoms with Gasteiger partial charge in [0.2, 0.25) is 17.7 Å². The van der Waals surface area contributed by atoms with E-state index in [9.17, 15) is 19.5 Å². The van der Waals surface area contributed by atoms with Crippen molar-refractivity contribution in [3.8, 4) is 0 Å². The number of aliphatic hydroxyl groups is 1. The van der Waals surface area contributed by atoms with E-state index in [0.29, 0.717) is 13.1 Å². The lowest BCUT2D eigenvalue weighted by Gasteiger charge is -2.39. The number of amides is 3. The summed E-state index contributed by atoms with van der Waals surface area (Å²) >= 11 is 1.68. The summed E-state index contributed by atoms with van der Waals surface area (Å²) in [7, 11) is 0. The van der Waals surface area contributed by atoms with Crippen LogP contribution in [0, 0.1) is 17.8 Å². The van der Waals surface area contributed by atoms with Crippen LogP contribution in [0.1, 0.15) is 64.9 Å². The lowest BCUT2D eigenvalue weighted by molar-refractivity contribution is -0.144. The van der Waals surface area contributed by atoms with Crippen molar-refractivity contribution >= 4 is 29.5 Å². The highest BCUT2D eigenvalue weighted by Gasteiger charge is 2.74. The molecule has 3 N–H and O–H groups in total. The van der Waals surface area contributed by atoms with Crippen LogP contribution in [0.25, 0.3) is 0 Å². The third kappa shape index (κ3) is 4.78. The van der Waals surface area contributed by atoms with E-state index in [1.54, 1.807) is 16.7 Å². The maximum Gasteiger partial charge on any atom is 0.244 e. The van der Waals surface area contributed by atoms with E-state index in [-0.39, 0.29) is 35.5 Å². The Hall–Kier alpha value is -2.06. The number of unbranched alkanes of at least 4 members (excludes halogenated alkanes) is 2. The second kappa shape index (κ2) is 11.5. The number of carbonyl (C=O) groups is 3. The molecule has 3 aliphatic rings. The molecule has 1 spiro atoms. The maximum absolute atomic E-state index is 14.1. The van der Waals surface area contributed by atoms with Crippen LogP contribution >= 0.6 is 11.8 Å². The first-order valence-corrected chi connectivity index (χ1v) is 14.5. The summed E-state index contributed by atoms with van der Waals surface area (Å²) in [5.41, 5.74) is 1.01. The summed E-state index contributed by atoms with van der Waals surface area (Å²) in [5, 5.41) is 16.6. The van der Waals surface area contributed by atoms with Crippen molar-refractivity contribution in [3.05, 3.63) is 35.9 Å². The number of carbonyl (C=O) groups excluding carboxylic acids is 3. The van der Waals surface area contributed by atoms with Gasteiger partial charge < -0.3 is 20.6 Å². The molecular weight excluding hydrogens is 474 g/mol. The number of nitrogens with zero attached hydrogens (tertiary/aromatic N) is 1. The van der Waals surface area contributed by atoms with Crippen LogP contribution in [-0.2, 0) is 20.9 Å². The van der Waals surface area contributed by atoms with Crippen molar-refractivity contribution in [1.29, 1.82) is 0 Å². The molecule has 1 aromatic carbocycles. The largest absolute Gasteiger partial charge is 0.394 e. The minimum Gasteiger partial charge on any atom is -0.394 e. The number of hydrogen-bond acceptors (Lipinski definition) is 5. The molecule has 3 saturated heterocycles. The van der Waals surface area contributed by atoms with Crippen LogP contribution in [-0.4, -0.2) is 63.0 Å². The number of benzene rings is 1. The predicted molar refractivity (Wildman–Crippen MR) is 142 cm³/mol. The zero-order valence-electron chi connectivity index (χ0n) is 21.7. The van der Waals surface area contributed by atoms with Gasteiger partial charge in [-0.3, -0.25) is 14.4 Å². The van der Waals surface area contributed by atoms with Gasteiger partial charge in [-0.2, -0.15) is 0 Å². The molecule has 3 amide bonds. The number of aliphatic hydroxyl groups excluding tert-OH is 1. The molecule has 8 heteroatoms. The predicted octanol–water partition coefficient (Wildman–Crippen LogP) is 3.11. The summed E-state index contributed by atoms with van der Waals surface area (Å²) in [6.07, 6.45) is 5.34. The van der Waals surface area contributed by atoms with Gasteiger partial charge in [-0.1, -0.05) is 70.4 Å². The van der Waals surface area contributed by atoms with Crippen molar-refractivity contribution in [2.75, 3.05) is 13.2 Å². The zero-order valence-corrected chi connectivity index (χ0v) is 22.6. The van der Waals surface area contributed by atoms with E-state index < -0.39 is 28.7 Å². The van der Waals surface area contributed by atoms with Gasteiger partial charge >= 0.3 is 0 Å². The summed E-state index contributed by atoms with van der Waals surface area (Å²) in [6.45, 7) is 6.98. The van der Waals surface area contributed by atoms with Gasteiger partial charge in [0.1, 0.15) is 6.04 Å². The Labute approximate surface area is 219 Å². The third-order valence-corrected chi connectivity index (χ3v) is 10.5. The molecule has 7 atom stereocenters. The fourth-order valence-electron chi connectivity index (χ4n) is 6.45. The Kier molecular flexibility index (Phi) is 8.66. The summed E-state index contributed by atoms with van der Waals surface area (Å²) in [5.74, 6) is -1.35. The van der Waals surface area contributed by atoms with Gasteiger partial charge in [0.25, 0.3) is 0 Å². The minimum atomic E-state index is -0.662. The molecule has 0 saturated carbocycles. The first-order chi connectivity index (χ1) is 17.4. The quantitative estimate of drug-likeness (QED) is 0.372. The number of hydrogen-bond donors (Lipinski definition) is 3. The van der Waals surface area contributed by atoms with E-state index >= 15 is 0 Å². The maximum atomic E-state index is 14.1. The van der Waals surface area contributed by atoms with Crippen LogP contribution in [0.3, 0.4) is 0 Å². The molecule has 2 unspecified atom stereocenters. The Morgan fingerprint density at radius 3 is 2.58 bits per heavy atom. The Bertz CT molecular complexity index is 944. The van der Waals surface area contributed by atoms with Crippen LogP contribution in [0.5, 0.6) is 0 Å². The van der Waals surface area contributed by atoms with Gasteiger partial charge in [0, 0.05) is 18.3 Å². The van der Waals surface area contributed by atoms with Crippen molar-refractivity contribution in [1.82, 2.24) is 15.5 Å². The standard InChI is InChI=1S/C28H41N3O4S/c1-4-6-10-15-29-26(34)24-28-14-13-21(36-28)22(25(33)30-16-19-11-8-7-9-12-19)23(28)27(35)31(24)20(17-32)18(3)5-2/h7-9,11-12,18,20-24,32H,4-6,10,13-17H2,1-3H3,(H,29,34)(H,30,33)/t18-,20-,21+,22-,23-,24?,28?/m0/s1. The summed E-state index contributed by atoms with van der Waals surface area (Å²) < 4.78 is -0.619. The second-order valence-corrected chi connectivity index (χ2v) is 12.2. The molecule has 0 aliphatic carbocycles. The average molecular weight is 516 g/mol. The molecule has 3 fully saturated rings. The molecule has 0 aromatic heterocycles. The highest BCUT2D eigenvalue weighted by molar-refractivity contribution is 8.02. The van der Waals surface area contributed by atoms with Crippen LogP contribution in [0.15, 0.2) is 30.3 Å². The molecule has 198 valence electrons. The van der Waals surface area contributed by atoms with E-state index in [1.807, 2.05) is 44.2 Å². The Morgan fingerprint density at radius 1 is 1.17 bits per heavy atom. The van der Waals surface area contributed by atoms with Crippen molar-refractivity contribution in [2.24, 2.45) is 17.8 Å². The SMILES string of the molecule is CCCCCNC(=O)C1N([C@@H](CO)[C@@H](C)CC)C(=O)[C@@H]2[C@@H](C(=O)NCc3ccccc3)[C@H]3CCC12S3. The highest BCUT2D eigenvalue weighted by atomic mass is 32.2. The lowest BCUT2D eigenvalue weighted by atomic mass is 9.70. The number of nitrogens with one attached hydrogen (secondary N) is 2. The molecule has 7 nitrogen and oxygen atoms in total. The molecular formula is C28H41N3O4S. The topological polar surface area (TPSA) is 98.7 Å². The van der Waals surface area contributed by atoms with Gasteiger partial charge in [0.05, 0.1) is 29.2 Å². The summed E-state index contributed by atoms with van der Waals surface area (Å²) in [4.78, 5) is 43.0.